The van der Waals surface area contributed by atoms with E-state index in [4.69, 9.17) is 14.8 Å². The molecule has 1 fully saturated rings. The molecule has 0 bridgehead atoms. The minimum absolute atomic E-state index is 0.0370. The summed E-state index contributed by atoms with van der Waals surface area (Å²) in [6.45, 7) is -0.534. The molecule has 0 spiro atoms. The lowest BCUT2D eigenvalue weighted by Crippen LogP contribution is -2.52. The Balaban J connectivity index is 2.11. The Kier molecular flexibility index (Phi) is 3.94. The predicted octanol–water partition coefficient (Wildman–Crippen LogP) is 0.455. The third-order valence-electron chi connectivity index (χ3n) is 2.99. The van der Waals surface area contributed by atoms with E-state index in [1.165, 1.54) is 4.90 Å². The largest absolute Gasteiger partial charge is 0.474 e. The number of halogens is 3. The number of alkyl halides is 3. The summed E-state index contributed by atoms with van der Waals surface area (Å²) in [6.07, 6.45) is -4.94. The molecule has 1 aliphatic rings. The van der Waals surface area contributed by atoms with Gasteiger partial charge in [-0.3, -0.25) is 4.79 Å². The number of hydrogen-bond acceptors (Lipinski definition) is 6. The first-order valence-corrected chi connectivity index (χ1v) is 5.99. The normalized spacial score (nSPS) is 15.5. The van der Waals surface area contributed by atoms with Gasteiger partial charge in [0.25, 0.3) is 0 Å². The maximum absolute atomic E-state index is 12.3. The zero-order valence-corrected chi connectivity index (χ0v) is 10.9. The van der Waals surface area contributed by atoms with Crippen molar-refractivity contribution in [2.75, 3.05) is 31.1 Å². The SMILES string of the molecule is N#Cc1nc(C(=O)O)oc1N1CCN(C(=O)C(F)(F)F)CC1. The lowest BCUT2D eigenvalue weighted by Gasteiger charge is -2.34. The molecule has 1 aliphatic heterocycles. The summed E-state index contributed by atoms with van der Waals surface area (Å²) in [5.74, 6) is -4.20. The van der Waals surface area contributed by atoms with Gasteiger partial charge in [-0.05, 0) is 0 Å². The molecule has 8 nitrogen and oxygen atoms in total. The van der Waals surface area contributed by atoms with Crippen molar-refractivity contribution < 1.29 is 32.3 Å². The number of carbonyl (C=O) groups excluding carboxylic acids is 1. The number of hydrogen-bond donors (Lipinski definition) is 1. The maximum atomic E-state index is 12.3. The molecule has 2 rings (SSSR count). The van der Waals surface area contributed by atoms with Crippen LogP contribution < -0.4 is 4.90 Å². The minimum atomic E-state index is -4.94. The van der Waals surface area contributed by atoms with E-state index in [-0.39, 0.29) is 37.8 Å². The van der Waals surface area contributed by atoms with E-state index in [0.717, 1.165) is 0 Å². The molecular formula is C11H9F3N4O4. The smallest absolute Gasteiger partial charge is 0.471 e. The number of piperazine rings is 1. The van der Waals surface area contributed by atoms with Gasteiger partial charge in [0.15, 0.2) is 0 Å². The van der Waals surface area contributed by atoms with Gasteiger partial charge in [0, 0.05) is 26.2 Å². The first-order chi connectivity index (χ1) is 10.2. The second kappa shape index (κ2) is 5.55. The van der Waals surface area contributed by atoms with Crippen molar-refractivity contribution in [1.82, 2.24) is 9.88 Å². The Morgan fingerprint density at radius 2 is 1.86 bits per heavy atom. The van der Waals surface area contributed by atoms with Crippen molar-refractivity contribution in [2.45, 2.75) is 6.18 Å². The number of nitrogens with zero attached hydrogens (tertiary/aromatic N) is 4. The Hall–Kier alpha value is -2.77. The van der Waals surface area contributed by atoms with Crippen molar-refractivity contribution in [3.63, 3.8) is 0 Å². The third kappa shape index (κ3) is 2.95. The molecule has 1 aromatic heterocycles. The standard InChI is InChI=1S/C11H9F3N4O4/c12-11(13,14)10(21)18-3-1-17(2-4-18)8-6(5-15)16-7(22-8)9(19)20/h1-4H2,(H,19,20). The van der Waals surface area contributed by atoms with E-state index >= 15 is 0 Å². The van der Waals surface area contributed by atoms with Crippen LogP contribution in [0.15, 0.2) is 4.42 Å². The average molecular weight is 318 g/mol. The van der Waals surface area contributed by atoms with E-state index < -0.39 is 23.9 Å². The molecule has 11 heteroatoms. The number of carbonyl (C=O) groups is 2. The van der Waals surface area contributed by atoms with Crippen LogP contribution in [0.25, 0.3) is 0 Å². The second-order valence-corrected chi connectivity index (χ2v) is 4.37. The fraction of sp³-hybridized carbons (Fsp3) is 0.455. The Morgan fingerprint density at radius 1 is 1.27 bits per heavy atom. The van der Waals surface area contributed by atoms with Crippen LogP contribution >= 0.6 is 0 Å². The highest BCUT2D eigenvalue weighted by Gasteiger charge is 2.43. The minimum Gasteiger partial charge on any atom is -0.474 e. The molecule has 0 radical (unpaired) electrons. The molecule has 0 saturated carbocycles. The van der Waals surface area contributed by atoms with E-state index in [9.17, 15) is 22.8 Å². The summed E-state index contributed by atoms with van der Waals surface area (Å²) in [7, 11) is 0. The third-order valence-corrected chi connectivity index (χ3v) is 2.99. The first kappa shape index (κ1) is 15.6. The zero-order chi connectivity index (χ0) is 16.5. The summed E-state index contributed by atoms with van der Waals surface area (Å²) in [5, 5.41) is 17.6. The van der Waals surface area contributed by atoms with E-state index in [1.807, 2.05) is 0 Å². The van der Waals surface area contributed by atoms with E-state index in [0.29, 0.717) is 4.90 Å². The number of nitriles is 1. The molecule has 2 heterocycles. The van der Waals surface area contributed by atoms with Gasteiger partial charge in [0.1, 0.15) is 6.07 Å². The van der Waals surface area contributed by atoms with Gasteiger partial charge in [-0.1, -0.05) is 0 Å². The van der Waals surface area contributed by atoms with Crippen molar-refractivity contribution in [3.8, 4) is 6.07 Å². The summed E-state index contributed by atoms with van der Waals surface area (Å²) < 4.78 is 41.9. The average Bonchev–Trinajstić information content (AvgIpc) is 2.90. The monoisotopic (exact) mass is 318 g/mol. The van der Waals surface area contributed by atoms with Gasteiger partial charge < -0.3 is 19.3 Å². The van der Waals surface area contributed by atoms with Crippen molar-refractivity contribution >= 4 is 17.8 Å². The maximum Gasteiger partial charge on any atom is 0.471 e. The molecule has 0 unspecified atom stereocenters. The van der Waals surface area contributed by atoms with Crippen molar-refractivity contribution in [2.24, 2.45) is 0 Å². The fourth-order valence-electron chi connectivity index (χ4n) is 1.98. The number of carboxylic acid groups (broad SMARTS) is 1. The number of oxazole rings is 1. The lowest BCUT2D eigenvalue weighted by molar-refractivity contribution is -0.185. The number of rotatable bonds is 2. The molecule has 0 aromatic carbocycles. The first-order valence-electron chi connectivity index (χ1n) is 5.99. The van der Waals surface area contributed by atoms with Gasteiger partial charge in [-0.25, -0.2) is 4.79 Å². The van der Waals surface area contributed by atoms with Gasteiger partial charge in [0.05, 0.1) is 0 Å². The zero-order valence-electron chi connectivity index (χ0n) is 10.9. The number of carboxylic acids is 1. The van der Waals surface area contributed by atoms with Gasteiger partial charge in [-0.15, -0.1) is 0 Å². The van der Waals surface area contributed by atoms with Crippen LogP contribution in [0, 0.1) is 11.3 Å². The van der Waals surface area contributed by atoms with Crippen molar-refractivity contribution in [1.29, 1.82) is 5.26 Å². The molecule has 0 atom stereocenters. The number of amides is 1. The number of aromatic nitrogens is 1. The van der Waals surface area contributed by atoms with Crippen LogP contribution in [0.3, 0.4) is 0 Å². The highest BCUT2D eigenvalue weighted by atomic mass is 19.4. The molecule has 0 aliphatic carbocycles. The quantitative estimate of drug-likeness (QED) is 0.843. The molecule has 1 amide bonds. The van der Waals surface area contributed by atoms with Crippen LogP contribution in [0.1, 0.15) is 16.4 Å². The second-order valence-electron chi connectivity index (χ2n) is 4.37. The Morgan fingerprint density at radius 3 is 2.32 bits per heavy atom. The molecular weight excluding hydrogens is 309 g/mol. The van der Waals surface area contributed by atoms with Crippen LogP contribution in [0.5, 0.6) is 0 Å². The lowest BCUT2D eigenvalue weighted by atomic mass is 10.3. The Bertz CT molecular complexity index is 641. The fourth-order valence-corrected chi connectivity index (χ4v) is 1.98. The van der Waals surface area contributed by atoms with Crippen LogP contribution in [-0.4, -0.2) is 59.2 Å². The summed E-state index contributed by atoms with van der Waals surface area (Å²) in [6, 6.07) is 1.66. The van der Waals surface area contributed by atoms with Gasteiger partial charge >= 0.3 is 23.9 Å². The van der Waals surface area contributed by atoms with Crippen molar-refractivity contribution in [3.05, 3.63) is 11.6 Å². The molecule has 1 aromatic rings. The Labute approximate surface area is 121 Å². The van der Waals surface area contributed by atoms with Gasteiger partial charge in [0.2, 0.25) is 11.6 Å². The summed E-state index contributed by atoms with van der Waals surface area (Å²) in [4.78, 5) is 27.3. The molecule has 22 heavy (non-hydrogen) atoms. The van der Waals surface area contributed by atoms with Crippen LogP contribution in [-0.2, 0) is 4.79 Å². The molecule has 1 saturated heterocycles. The highest BCUT2D eigenvalue weighted by Crippen LogP contribution is 2.25. The summed E-state index contributed by atoms with van der Waals surface area (Å²) in [5.41, 5.74) is -0.270. The van der Waals surface area contributed by atoms with E-state index in [2.05, 4.69) is 4.98 Å². The van der Waals surface area contributed by atoms with Crippen LogP contribution in [0.2, 0.25) is 0 Å². The van der Waals surface area contributed by atoms with Gasteiger partial charge in [-0.2, -0.15) is 23.4 Å². The van der Waals surface area contributed by atoms with E-state index in [1.54, 1.807) is 6.07 Å². The number of anilines is 1. The predicted molar refractivity (Wildman–Crippen MR) is 63.0 cm³/mol. The summed E-state index contributed by atoms with van der Waals surface area (Å²) >= 11 is 0. The topological polar surface area (TPSA) is 111 Å². The van der Waals surface area contributed by atoms with Crippen LogP contribution in [0.4, 0.5) is 19.1 Å². The number of aromatic carboxylic acids is 1. The molecule has 118 valence electrons. The highest BCUT2D eigenvalue weighted by molar-refractivity contribution is 5.83. The molecule has 1 N–H and O–H groups in total.